The van der Waals surface area contributed by atoms with Gasteiger partial charge >= 0.3 is 0 Å². The van der Waals surface area contributed by atoms with Gasteiger partial charge in [0.2, 0.25) is 0 Å². The van der Waals surface area contributed by atoms with Crippen LogP contribution in [0.4, 0.5) is 22.7 Å². The number of nitrogens with zero attached hydrogens (tertiary/aromatic N) is 5. The van der Waals surface area contributed by atoms with Gasteiger partial charge in [-0.05, 0) is 81.1 Å². The molecule has 0 radical (unpaired) electrons. The monoisotopic (exact) mass is 1170 g/mol. The summed E-state index contributed by atoms with van der Waals surface area (Å²) in [6, 6.07) is 87.6. The Morgan fingerprint density at radius 3 is 1.86 bits per heavy atom. The van der Waals surface area contributed by atoms with E-state index in [0.717, 1.165) is 78.3 Å². The smallest absolute Gasteiger partial charge is 0.135 e. The topological polar surface area (TPSA) is 38.5 Å². The molecule has 0 unspecified atom stereocenters. The van der Waals surface area contributed by atoms with Gasteiger partial charge in [0.15, 0.2) is 0 Å². The van der Waals surface area contributed by atoms with Crippen LogP contribution in [0, 0.1) is 18.8 Å². The fraction of sp³-hybridized carbons (Fsp3) is 0.0571. The third-order valence-electron chi connectivity index (χ3n) is 15.4. The first-order chi connectivity index (χ1) is 37.4. The predicted octanol–water partition coefficient (Wildman–Crippen LogP) is 18.4. The largest absolute Gasteiger partial charge is 0.509 e. The van der Waals surface area contributed by atoms with E-state index in [4.69, 9.17) is 9.72 Å². The zero-order valence-corrected chi connectivity index (χ0v) is 44.7. The van der Waals surface area contributed by atoms with Crippen LogP contribution in [0.5, 0.6) is 11.5 Å². The summed E-state index contributed by atoms with van der Waals surface area (Å²) in [6.07, 6.45) is 1.93. The van der Waals surface area contributed by atoms with Gasteiger partial charge in [0.05, 0.1) is 16.7 Å². The van der Waals surface area contributed by atoms with E-state index in [1.807, 2.05) is 18.3 Å². The van der Waals surface area contributed by atoms with Crippen LogP contribution < -0.4 is 14.5 Å². The summed E-state index contributed by atoms with van der Waals surface area (Å²) in [7, 11) is 0. The molecular formula is C70H48N5OPt-3. The first kappa shape index (κ1) is 46.6. The second-order valence-electron chi connectivity index (χ2n) is 20.8. The maximum absolute atomic E-state index is 6.91. The first-order valence-electron chi connectivity index (χ1n) is 25.9. The van der Waals surface area contributed by atoms with E-state index in [2.05, 4.69) is 271 Å². The van der Waals surface area contributed by atoms with Gasteiger partial charge in [-0.15, -0.1) is 48.1 Å². The molecule has 0 bridgehead atoms. The number of hydrogen-bond donors (Lipinski definition) is 0. The average Bonchev–Trinajstić information content (AvgIpc) is 4.29. The van der Waals surface area contributed by atoms with Crippen molar-refractivity contribution in [1.29, 1.82) is 0 Å². The Hall–Kier alpha value is -8.96. The number of hydrogen-bond acceptors (Lipinski definition) is 4. The van der Waals surface area contributed by atoms with Crippen molar-refractivity contribution in [2.45, 2.75) is 26.2 Å². The van der Waals surface area contributed by atoms with Crippen LogP contribution in [-0.4, -0.2) is 14.1 Å². The van der Waals surface area contributed by atoms with Crippen molar-refractivity contribution in [1.82, 2.24) is 14.1 Å². The van der Waals surface area contributed by atoms with Gasteiger partial charge < -0.3 is 23.7 Å². The van der Waals surface area contributed by atoms with E-state index in [-0.39, 0.29) is 26.5 Å². The van der Waals surface area contributed by atoms with E-state index in [9.17, 15) is 0 Å². The van der Waals surface area contributed by atoms with Gasteiger partial charge in [0, 0.05) is 94.4 Å². The minimum atomic E-state index is -0.0995. The number of pyridine rings is 1. The average molecular weight is 1170 g/mol. The maximum atomic E-state index is 6.91. The van der Waals surface area contributed by atoms with E-state index in [1.54, 1.807) is 0 Å². The fourth-order valence-electron chi connectivity index (χ4n) is 11.9. The van der Waals surface area contributed by atoms with Crippen molar-refractivity contribution < 1.29 is 25.8 Å². The van der Waals surface area contributed by atoms with E-state index in [1.165, 1.54) is 49.6 Å². The molecule has 10 aromatic carbocycles. The Bertz CT molecular complexity index is 4420. The Labute approximate surface area is 462 Å². The van der Waals surface area contributed by atoms with Crippen molar-refractivity contribution in [3.8, 4) is 67.5 Å². The fourth-order valence-corrected chi connectivity index (χ4v) is 11.9. The molecule has 0 saturated heterocycles. The van der Waals surface area contributed by atoms with Crippen LogP contribution in [0.3, 0.4) is 0 Å². The number of ether oxygens (including phenoxy) is 1. The molecule has 372 valence electrons. The van der Waals surface area contributed by atoms with Crippen molar-refractivity contribution >= 4 is 66.4 Å². The van der Waals surface area contributed by atoms with Crippen molar-refractivity contribution in [2.24, 2.45) is 0 Å². The van der Waals surface area contributed by atoms with Gasteiger partial charge in [-0.25, -0.2) is 4.98 Å². The summed E-state index contributed by atoms with van der Waals surface area (Å²) in [5.74, 6) is 1.97. The molecule has 0 spiro atoms. The Morgan fingerprint density at radius 1 is 0.468 bits per heavy atom. The predicted molar refractivity (Wildman–Crippen MR) is 313 cm³/mol. The molecule has 0 fully saturated rings. The van der Waals surface area contributed by atoms with Gasteiger partial charge in [0.25, 0.3) is 0 Å². The molecule has 77 heavy (non-hydrogen) atoms. The Balaban J connectivity index is 0.00000540. The maximum Gasteiger partial charge on any atom is 0.135 e. The summed E-state index contributed by atoms with van der Waals surface area (Å²) in [4.78, 5) is 9.64. The number of rotatable bonds is 7. The molecule has 0 saturated carbocycles. The zero-order chi connectivity index (χ0) is 50.6. The minimum Gasteiger partial charge on any atom is -0.509 e. The van der Waals surface area contributed by atoms with Crippen LogP contribution in [0.15, 0.2) is 231 Å². The quantitative estimate of drug-likeness (QED) is 0.149. The second-order valence-corrected chi connectivity index (χ2v) is 20.8. The summed E-state index contributed by atoms with van der Waals surface area (Å²) >= 11 is 0. The molecule has 6 nitrogen and oxygen atoms in total. The third-order valence-corrected chi connectivity index (χ3v) is 15.4. The van der Waals surface area contributed by atoms with Gasteiger partial charge in [-0.1, -0.05) is 178 Å². The number of benzene rings is 10. The van der Waals surface area contributed by atoms with Crippen LogP contribution in [0.25, 0.3) is 99.6 Å². The molecule has 13 aromatic rings. The molecule has 15 rings (SSSR count). The molecule has 3 aromatic heterocycles. The normalized spacial score (nSPS) is 12.7. The molecule has 2 aliphatic rings. The van der Waals surface area contributed by atoms with Crippen molar-refractivity contribution in [3.63, 3.8) is 0 Å². The summed E-state index contributed by atoms with van der Waals surface area (Å²) in [5.41, 5.74) is 19.9. The van der Waals surface area contributed by atoms with Crippen molar-refractivity contribution in [2.75, 3.05) is 9.80 Å². The van der Waals surface area contributed by atoms with Crippen LogP contribution in [-0.2, 0) is 26.5 Å². The molecular weight excluding hydrogens is 1120 g/mol. The molecule has 5 heterocycles. The first-order valence-corrected chi connectivity index (χ1v) is 25.9. The third kappa shape index (κ3) is 7.38. The number of para-hydroxylation sites is 5. The molecule has 0 amide bonds. The minimum absolute atomic E-state index is 0. The standard InChI is InChI=1S/C70H48N5O.Pt/c1-70(2,3)47-39-40-71-65(41-47)74-62-37-38-63-66(55-27-11-10-25-53(55)56-30-18-31-57-54-26-12-13-32-59(54)75(63)69(56)57)67(62)58-36-35-50(43-64(58)74)76-49-24-16-23-48(42-49)72-44-73(61-34-15-14-33-60(61)72)68-51(45-19-6-4-7-20-45)28-17-29-52(68)46-21-8-5-9-22-46;/h4-41,44H,1-3H3;/q-3;. The zero-order valence-electron chi connectivity index (χ0n) is 42.5. The molecule has 0 aliphatic carbocycles. The Kier molecular flexibility index (Phi) is 11.0. The summed E-state index contributed by atoms with van der Waals surface area (Å²) < 4.78 is 11.7. The van der Waals surface area contributed by atoms with Crippen LogP contribution >= 0.6 is 0 Å². The molecule has 2 aliphatic heterocycles. The number of aromatic nitrogens is 3. The number of anilines is 4. The number of fused-ring (bicyclic) bond motifs is 13. The summed E-state index contributed by atoms with van der Waals surface area (Å²) in [6.45, 7) is 8.93. The van der Waals surface area contributed by atoms with E-state index in [0.29, 0.717) is 11.5 Å². The van der Waals surface area contributed by atoms with Gasteiger partial charge in [-0.2, -0.15) is 12.1 Å². The SMILES string of the molecule is CC(C)(C)c1ccnc(-n2c3[c-]c(Oc4[c-]c(N5[CH-]N(c6c(-c7ccccc7)cccc6-c6ccccc6)c6ccccc65)ccc4)ccc3c3c4c(ccc32)-n2c3ccccc3c3cccc(c32)-c2ccccc2-4)c1.[Pt]. The molecule has 7 heteroatoms. The second kappa shape index (κ2) is 18.1. The van der Waals surface area contributed by atoms with Gasteiger partial charge in [0.1, 0.15) is 5.82 Å². The molecule has 0 N–H and O–H groups in total. The van der Waals surface area contributed by atoms with Crippen LogP contribution in [0.2, 0.25) is 0 Å². The van der Waals surface area contributed by atoms with E-state index < -0.39 is 0 Å². The molecule has 0 atom stereocenters. The van der Waals surface area contributed by atoms with Crippen molar-refractivity contribution in [3.05, 3.63) is 255 Å². The van der Waals surface area contributed by atoms with Gasteiger partial charge in [-0.3, -0.25) is 0 Å². The van der Waals surface area contributed by atoms with Crippen LogP contribution in [0.1, 0.15) is 26.3 Å². The summed E-state index contributed by atoms with van der Waals surface area (Å²) in [5, 5.41) is 4.67. The van der Waals surface area contributed by atoms with E-state index >= 15 is 0 Å². The Morgan fingerprint density at radius 2 is 1.09 bits per heavy atom.